The van der Waals surface area contributed by atoms with Gasteiger partial charge in [0, 0.05) is 55.1 Å². The van der Waals surface area contributed by atoms with Crippen LogP contribution in [0.15, 0.2) is 46.1 Å². The maximum Gasteiger partial charge on any atom is 0.493 e. The number of rotatable bonds is 9. The highest BCUT2D eigenvalue weighted by atomic mass is 35.5. The van der Waals surface area contributed by atoms with Crippen LogP contribution in [0.25, 0.3) is 0 Å². The van der Waals surface area contributed by atoms with Gasteiger partial charge in [0.1, 0.15) is 10.7 Å². The molecule has 0 saturated carbocycles. The number of likely N-dealkylation sites (tertiary alicyclic amines) is 1. The normalized spacial score (nSPS) is 16.6. The molecule has 17 heteroatoms. The Hall–Kier alpha value is -2.69. The van der Waals surface area contributed by atoms with Crippen LogP contribution in [0.2, 0.25) is 10.0 Å². The van der Waals surface area contributed by atoms with Crippen LogP contribution in [-0.2, 0) is 32.7 Å². The molecule has 1 spiro atoms. The Labute approximate surface area is 246 Å². The van der Waals surface area contributed by atoms with Gasteiger partial charge in [0.2, 0.25) is 0 Å². The van der Waals surface area contributed by atoms with Crippen LogP contribution in [0.4, 0.5) is 29.1 Å². The Morgan fingerprint density at radius 2 is 1.95 bits per heavy atom. The Morgan fingerprint density at radius 1 is 1.22 bits per heavy atom. The van der Waals surface area contributed by atoms with E-state index in [1.807, 2.05) is 12.1 Å². The lowest BCUT2D eigenvalue weighted by Crippen LogP contribution is -2.70. The molecule has 2 fully saturated rings. The first-order valence-electron chi connectivity index (χ1n) is 11.9. The van der Waals surface area contributed by atoms with Crippen molar-refractivity contribution < 1.29 is 35.6 Å². The zero-order valence-corrected chi connectivity index (χ0v) is 24.0. The fourth-order valence-electron chi connectivity index (χ4n) is 4.68. The molecule has 5 rings (SSSR count). The van der Waals surface area contributed by atoms with Gasteiger partial charge in [0.25, 0.3) is 10.0 Å². The Kier molecular flexibility index (Phi) is 8.13. The van der Waals surface area contributed by atoms with Crippen molar-refractivity contribution in [2.75, 3.05) is 36.0 Å². The highest BCUT2D eigenvalue weighted by Gasteiger charge is 2.47. The first-order valence-corrected chi connectivity index (χ1v) is 15.1. The molecule has 0 amide bonds. The van der Waals surface area contributed by atoms with Gasteiger partial charge in [-0.2, -0.15) is 21.6 Å². The Bertz CT molecular complexity index is 1560. The zero-order valence-electron chi connectivity index (χ0n) is 20.8. The lowest BCUT2D eigenvalue weighted by molar-refractivity contribution is -0.199. The van der Waals surface area contributed by atoms with E-state index in [2.05, 4.69) is 25.4 Å². The van der Waals surface area contributed by atoms with Gasteiger partial charge >= 0.3 is 12.1 Å². The topological polar surface area (TPSA) is 104 Å². The van der Waals surface area contributed by atoms with E-state index < -0.39 is 43.2 Å². The monoisotopic (exact) mass is 653 g/mol. The van der Waals surface area contributed by atoms with E-state index in [1.54, 1.807) is 6.07 Å². The second-order valence-electron chi connectivity index (χ2n) is 9.70. The average molecular weight is 654 g/mol. The van der Waals surface area contributed by atoms with Crippen molar-refractivity contribution in [1.82, 2.24) is 15.2 Å². The summed E-state index contributed by atoms with van der Waals surface area (Å²) in [5, 5.41) is 7.44. The fraction of sp³-hybridized carbons (Fsp3) is 0.333. The van der Waals surface area contributed by atoms with Gasteiger partial charge in [0.05, 0.1) is 16.2 Å². The Balaban J connectivity index is 1.36. The molecule has 2 aliphatic rings. The number of benzene rings is 2. The minimum atomic E-state index is -5.53. The number of alkyl halides is 3. The molecule has 1 aromatic heterocycles. The molecular formula is C24H21Cl2F4N5O4S2. The highest BCUT2D eigenvalue weighted by Crippen LogP contribution is 2.37. The van der Waals surface area contributed by atoms with Crippen LogP contribution in [0.3, 0.4) is 0 Å². The number of halogens is 6. The summed E-state index contributed by atoms with van der Waals surface area (Å²) in [6.45, 7) is 4.69. The third-order valence-corrected chi connectivity index (χ3v) is 9.51. The van der Waals surface area contributed by atoms with Crippen molar-refractivity contribution in [2.45, 2.75) is 24.2 Å². The lowest BCUT2D eigenvalue weighted by atomic mass is 9.74. The third kappa shape index (κ3) is 6.10. The molecule has 2 aliphatic heterocycles. The zero-order chi connectivity index (χ0) is 29.6. The van der Waals surface area contributed by atoms with Crippen LogP contribution in [0, 0.1) is 11.2 Å². The first kappa shape index (κ1) is 29.8. The van der Waals surface area contributed by atoms with Gasteiger partial charge in [-0.25, -0.2) is 14.2 Å². The molecule has 3 aromatic rings. The molecule has 2 N–H and O–H groups in total. The molecule has 220 valence electrons. The predicted octanol–water partition coefficient (Wildman–Crippen LogP) is 4.82. The van der Waals surface area contributed by atoms with Gasteiger partial charge in [-0.05, 0) is 29.3 Å². The number of aromatic nitrogens is 1. The SMILES string of the molecule is O=C(ON(c1cscn1)S(=O)(=O)c1cc(Cl)c(NCc2c(Cl)cccc2CN2CC3(CNC3)C2)cc1F)C(F)(F)F. The molecule has 3 heterocycles. The smallest absolute Gasteiger partial charge is 0.380 e. The van der Waals surface area contributed by atoms with Gasteiger partial charge in [-0.15, -0.1) is 11.3 Å². The van der Waals surface area contributed by atoms with E-state index in [9.17, 15) is 26.4 Å². The van der Waals surface area contributed by atoms with E-state index in [0.717, 1.165) is 65.6 Å². The quantitative estimate of drug-likeness (QED) is 0.250. The van der Waals surface area contributed by atoms with E-state index >= 15 is 4.39 Å². The Morgan fingerprint density at radius 3 is 2.56 bits per heavy atom. The van der Waals surface area contributed by atoms with Crippen LogP contribution < -0.4 is 15.1 Å². The summed E-state index contributed by atoms with van der Waals surface area (Å²) in [6, 6.07) is 6.95. The minimum Gasteiger partial charge on any atom is -0.380 e. The summed E-state index contributed by atoms with van der Waals surface area (Å²) in [7, 11) is -5.23. The first-order chi connectivity index (χ1) is 19.3. The minimum absolute atomic E-state index is 0.00456. The average Bonchev–Trinajstić information content (AvgIpc) is 3.38. The van der Waals surface area contributed by atoms with Crippen molar-refractivity contribution in [1.29, 1.82) is 0 Å². The summed E-state index contributed by atoms with van der Waals surface area (Å²) in [5.74, 6) is -4.88. The van der Waals surface area contributed by atoms with Crippen LogP contribution in [0.5, 0.6) is 0 Å². The number of carbonyl (C=O) groups excluding carboxylic acids is 1. The fourth-order valence-corrected chi connectivity index (χ4v) is 7.08. The molecule has 0 atom stereocenters. The molecule has 0 radical (unpaired) electrons. The number of carbonyl (C=O) groups is 1. The third-order valence-electron chi connectivity index (χ3n) is 6.70. The summed E-state index contributed by atoms with van der Waals surface area (Å²) < 4.78 is 79.6. The number of hydrogen-bond acceptors (Lipinski definition) is 9. The van der Waals surface area contributed by atoms with E-state index in [4.69, 9.17) is 23.2 Å². The second kappa shape index (κ2) is 11.2. The van der Waals surface area contributed by atoms with E-state index in [0.29, 0.717) is 23.0 Å². The molecule has 0 bridgehead atoms. The van der Waals surface area contributed by atoms with Crippen molar-refractivity contribution >= 4 is 62.0 Å². The largest absolute Gasteiger partial charge is 0.493 e. The summed E-state index contributed by atoms with van der Waals surface area (Å²) in [4.78, 5) is 20.3. The molecule has 41 heavy (non-hydrogen) atoms. The van der Waals surface area contributed by atoms with Crippen molar-refractivity contribution in [3.8, 4) is 0 Å². The molecular weight excluding hydrogens is 633 g/mol. The number of hydrogen-bond donors (Lipinski definition) is 2. The predicted molar refractivity (Wildman–Crippen MR) is 145 cm³/mol. The molecule has 2 saturated heterocycles. The summed E-state index contributed by atoms with van der Waals surface area (Å²) in [5.41, 5.74) is 3.12. The maximum atomic E-state index is 15.2. The molecule has 0 unspecified atom stereocenters. The number of nitrogens with one attached hydrogen (secondary N) is 2. The summed E-state index contributed by atoms with van der Waals surface area (Å²) >= 11 is 13.5. The van der Waals surface area contributed by atoms with Gasteiger partial charge in [-0.1, -0.05) is 39.8 Å². The lowest BCUT2D eigenvalue weighted by Gasteiger charge is -2.56. The van der Waals surface area contributed by atoms with E-state index in [1.165, 1.54) is 0 Å². The number of nitrogens with zero attached hydrogens (tertiary/aromatic N) is 3. The highest BCUT2D eigenvalue weighted by molar-refractivity contribution is 7.92. The van der Waals surface area contributed by atoms with E-state index in [-0.39, 0.29) is 17.3 Å². The molecule has 0 aliphatic carbocycles. The molecule has 2 aromatic carbocycles. The second-order valence-corrected chi connectivity index (χ2v) is 13.0. The van der Waals surface area contributed by atoms with Crippen molar-refractivity contribution in [3.05, 3.63) is 68.2 Å². The van der Waals surface area contributed by atoms with Gasteiger partial charge in [-0.3, -0.25) is 4.90 Å². The van der Waals surface area contributed by atoms with Crippen molar-refractivity contribution in [3.63, 3.8) is 0 Å². The number of sulfonamides is 1. The standard InChI is InChI=1S/C24H21Cl2F4N5O4S2/c25-16-3-1-2-14(7-34-11-23(12-34)9-31-10-23)15(16)6-32-19-5-18(27)20(4-17(19)26)41(37,38)35(21-8-40-13-33-21)39-22(36)24(28,29)30/h1-5,8,13,31-32H,6-7,9-12H2. The van der Waals surface area contributed by atoms with Gasteiger partial charge in [0.15, 0.2) is 5.82 Å². The number of anilines is 2. The van der Waals surface area contributed by atoms with Crippen LogP contribution in [-0.4, -0.2) is 56.6 Å². The van der Waals surface area contributed by atoms with Crippen LogP contribution >= 0.6 is 34.5 Å². The molecule has 9 nitrogen and oxygen atoms in total. The number of thiazole rings is 1. The van der Waals surface area contributed by atoms with Crippen molar-refractivity contribution in [2.24, 2.45) is 5.41 Å². The maximum absolute atomic E-state index is 15.2. The van der Waals surface area contributed by atoms with Gasteiger partial charge < -0.3 is 15.5 Å². The van der Waals surface area contributed by atoms with Crippen LogP contribution in [0.1, 0.15) is 11.1 Å². The summed E-state index contributed by atoms with van der Waals surface area (Å²) in [6.07, 6.45) is -5.53.